The van der Waals surface area contributed by atoms with Crippen molar-refractivity contribution in [3.8, 4) is 11.5 Å². The molecule has 114 valence electrons. The number of hydrogen-bond donors (Lipinski definition) is 2. The van der Waals surface area contributed by atoms with Crippen LogP contribution < -0.4 is 0 Å². The first kappa shape index (κ1) is 19.8. The molecular weight excluding hydrogens is 538 g/mol. The third-order valence-corrected chi connectivity index (χ3v) is 2.71. The van der Waals surface area contributed by atoms with Gasteiger partial charge in [0, 0.05) is 16.3 Å². The van der Waals surface area contributed by atoms with Crippen molar-refractivity contribution in [2.45, 2.75) is 0 Å². The van der Waals surface area contributed by atoms with Gasteiger partial charge in [-0.2, -0.15) is 0 Å². The molecule has 0 aliphatic carbocycles. The molecule has 0 saturated carbocycles. The molecule has 0 aliphatic rings. The maximum atomic E-state index is 9.61. The normalized spacial score (nSPS) is 9.57. The molecule has 8 heteroatoms. The molecule has 0 atom stereocenters. The third-order valence-electron chi connectivity index (χ3n) is 2.21. The molecule has 0 fully saturated rings. The van der Waals surface area contributed by atoms with E-state index in [1.807, 2.05) is 0 Å². The van der Waals surface area contributed by atoms with Gasteiger partial charge in [-0.25, -0.2) is 0 Å². The number of hydrogen-bond acceptors (Lipinski definition) is 4. The Hall–Kier alpha value is -1.21. The Morgan fingerprint density at radius 3 is 2.38 bits per heavy atom. The molecule has 0 radical (unpaired) electrons. The van der Waals surface area contributed by atoms with Gasteiger partial charge in [-0.05, 0) is 30.3 Å². The molecule has 4 N–H and O–H groups in total. The van der Waals surface area contributed by atoms with E-state index in [2.05, 4.69) is 20.9 Å². The number of halogens is 2. The van der Waals surface area contributed by atoms with Gasteiger partial charge in [0.1, 0.15) is 17.2 Å². The molecule has 0 aliphatic heterocycles. The van der Waals surface area contributed by atoms with E-state index in [-0.39, 0.29) is 17.0 Å². The predicted octanol–water partition coefficient (Wildman–Crippen LogP) is 3.49. The van der Waals surface area contributed by atoms with Gasteiger partial charge in [0.15, 0.2) is 0 Å². The molecule has 21 heavy (non-hydrogen) atoms. The Balaban J connectivity index is 0.000000922. The summed E-state index contributed by atoms with van der Waals surface area (Å²) in [5.41, 5.74) is 1.05. The topological polar surface area (TPSA) is 108 Å². The molecule has 0 heterocycles. The van der Waals surface area contributed by atoms with Crippen LogP contribution in [0.25, 0.3) is 0 Å². The van der Waals surface area contributed by atoms with Crippen LogP contribution in [0.3, 0.4) is 0 Å². The van der Waals surface area contributed by atoms with Gasteiger partial charge in [0.25, 0.3) is 0 Å². The summed E-state index contributed by atoms with van der Waals surface area (Å²) in [5.74, 6) is 0.255. The van der Waals surface area contributed by atoms with Crippen LogP contribution in [0.4, 0.5) is 5.69 Å². The van der Waals surface area contributed by atoms with E-state index in [0.717, 1.165) is 4.47 Å². The molecule has 0 spiro atoms. The van der Waals surface area contributed by atoms with Crippen molar-refractivity contribution in [3.63, 3.8) is 0 Å². The van der Waals surface area contributed by atoms with Crippen molar-refractivity contribution in [1.82, 2.24) is 0 Å². The molecule has 0 aromatic heterocycles. The van der Waals surface area contributed by atoms with Crippen molar-refractivity contribution in [3.05, 3.63) is 52.5 Å². The molecule has 0 bridgehead atoms. The summed E-state index contributed by atoms with van der Waals surface area (Å²) >= 11 is 2.20. The Bertz CT molecular complexity index is 662. The summed E-state index contributed by atoms with van der Waals surface area (Å²) in [4.78, 5) is 4.12. The molecule has 0 unspecified atom stereocenters. The van der Waals surface area contributed by atoms with Crippen LogP contribution in [-0.2, 0) is 16.0 Å². The first-order valence-electron chi connectivity index (χ1n) is 5.26. The molecule has 2 rings (SSSR count). The van der Waals surface area contributed by atoms with Crippen molar-refractivity contribution in [1.29, 1.82) is 3.88 Å². The first-order valence-corrected chi connectivity index (χ1v) is 10.3. The number of benzene rings is 2. The number of rotatable bonds is 2. The van der Waals surface area contributed by atoms with Crippen molar-refractivity contribution in [2.24, 2.45) is 4.99 Å². The van der Waals surface area contributed by atoms with Crippen LogP contribution >= 0.6 is 25.6 Å². The summed E-state index contributed by atoms with van der Waals surface area (Å²) in [7, 11) is 4.69. The average Bonchev–Trinajstić information content (AvgIpc) is 2.42. The zero-order valence-electron chi connectivity index (χ0n) is 10.5. The molecule has 0 amide bonds. The number of phenols is 2. The fourth-order valence-electron chi connectivity index (χ4n) is 1.34. The van der Waals surface area contributed by atoms with Gasteiger partial charge >= 0.3 is 29.6 Å². The second-order valence-corrected chi connectivity index (χ2v) is 5.83. The van der Waals surface area contributed by atoms with E-state index in [9.17, 15) is 10.2 Å². The second-order valence-electron chi connectivity index (χ2n) is 3.51. The Morgan fingerprint density at radius 2 is 1.76 bits per heavy atom. The quantitative estimate of drug-likeness (QED) is 0.560. The maximum absolute atomic E-state index is 9.61. The second kappa shape index (κ2) is 10.5. The number of aromatic hydroxyl groups is 2. The van der Waals surface area contributed by atoms with Crippen LogP contribution in [0.1, 0.15) is 5.56 Å². The van der Waals surface area contributed by atoms with E-state index in [4.69, 9.17) is 13.5 Å². The van der Waals surface area contributed by atoms with Crippen LogP contribution in [-0.4, -0.2) is 21.9 Å². The van der Waals surface area contributed by atoms with E-state index in [0.29, 0.717) is 11.3 Å². The third kappa shape index (κ3) is 6.86. The summed E-state index contributed by atoms with van der Waals surface area (Å²) in [5, 5.41) is 19.1. The zero-order chi connectivity index (χ0) is 15.0. The van der Waals surface area contributed by atoms with Crippen molar-refractivity contribution in [2.75, 3.05) is 0 Å². The van der Waals surface area contributed by atoms with Gasteiger partial charge in [0.05, 0.1) is 0 Å². The fraction of sp³-hybridized carbons (Fsp3) is 0. The van der Waals surface area contributed by atoms with Crippen LogP contribution in [0.15, 0.2) is 51.9 Å². The molecule has 0 saturated heterocycles. The van der Waals surface area contributed by atoms with Crippen LogP contribution in [0.5, 0.6) is 11.5 Å². The number of para-hydroxylation sites is 2. The first-order chi connectivity index (χ1) is 9.58. The van der Waals surface area contributed by atoms with E-state index in [1.54, 1.807) is 42.5 Å². The number of aliphatic imine (C=N–C) groups is 1. The average molecular weight is 550 g/mol. The van der Waals surface area contributed by atoms with Crippen molar-refractivity contribution < 1.29 is 31.7 Å². The summed E-state index contributed by atoms with van der Waals surface area (Å²) < 4.78 is 8.33. The van der Waals surface area contributed by atoms with Crippen molar-refractivity contribution >= 4 is 37.5 Å². The standard InChI is InChI=1S/C13H10BrNO2.ClH.N.H2O.Os/c14-10-5-6-12(16)9(7-10)8-15-11-3-1-2-4-13(11)17;;;;/h1-8,16-17H;1H;;1H2;/q;;;;+1/p-1. The Labute approximate surface area is 141 Å². The molecule has 2 aromatic rings. The monoisotopic (exact) mass is 550 g/mol. The SMILES string of the molecule is O.Oc1ccc(Br)cc1C=Nc1ccccc1O.[N]#[Os][Cl]. The summed E-state index contributed by atoms with van der Waals surface area (Å²) in [6.07, 6.45) is 1.51. The molecule has 2 aromatic carbocycles. The van der Waals surface area contributed by atoms with E-state index >= 15 is 0 Å². The fourth-order valence-corrected chi connectivity index (χ4v) is 1.72. The Morgan fingerprint density at radius 1 is 1.14 bits per heavy atom. The van der Waals surface area contributed by atoms with Gasteiger partial charge in [-0.1, -0.05) is 28.1 Å². The van der Waals surface area contributed by atoms with Crippen LogP contribution in [0, 0.1) is 3.88 Å². The number of phenolic OH excluding ortho intramolecular Hbond substituents is 2. The summed E-state index contributed by atoms with van der Waals surface area (Å²) in [6, 6.07) is 11.8. The Kier molecular flexibility index (Phi) is 9.90. The van der Waals surface area contributed by atoms with Gasteiger partial charge in [-0.15, -0.1) is 0 Å². The van der Waals surface area contributed by atoms with Crippen LogP contribution in [0.2, 0.25) is 0 Å². The minimum absolute atomic E-state index is 0. The predicted molar refractivity (Wildman–Crippen MR) is 82.4 cm³/mol. The molecule has 5 nitrogen and oxygen atoms in total. The zero-order valence-corrected chi connectivity index (χ0v) is 15.4. The van der Waals surface area contributed by atoms with Gasteiger partial charge < -0.3 is 15.7 Å². The van der Waals surface area contributed by atoms with E-state index < -0.39 is 16.0 Å². The number of nitrogens with zero attached hydrogens (tertiary/aromatic N) is 2. The minimum atomic E-state index is -1.11. The van der Waals surface area contributed by atoms with Gasteiger partial charge in [0.2, 0.25) is 0 Å². The summed E-state index contributed by atoms with van der Waals surface area (Å²) in [6.45, 7) is 0. The molecular formula is C13H12BrClN2O3Os. The van der Waals surface area contributed by atoms with Gasteiger partial charge in [-0.3, -0.25) is 4.99 Å². The van der Waals surface area contributed by atoms with E-state index in [1.165, 1.54) is 6.21 Å².